The lowest BCUT2D eigenvalue weighted by Gasteiger charge is -2.24. The summed E-state index contributed by atoms with van der Waals surface area (Å²) >= 11 is 0. The second kappa shape index (κ2) is 8.46. The van der Waals surface area contributed by atoms with Crippen molar-refractivity contribution in [1.82, 2.24) is 9.55 Å². The van der Waals surface area contributed by atoms with Gasteiger partial charge in [-0.15, -0.1) is 0 Å². The fourth-order valence-corrected chi connectivity index (χ4v) is 2.69. The third kappa shape index (κ3) is 4.01. The molecular weight excluding hydrogens is 339 g/mol. The molecule has 0 bridgehead atoms. The van der Waals surface area contributed by atoms with Crippen molar-refractivity contribution in [2.75, 3.05) is 17.2 Å². The number of nitrogens with one attached hydrogen (secondary N) is 1. The molecule has 0 atom stereocenters. The summed E-state index contributed by atoms with van der Waals surface area (Å²) < 4.78 is 14.7. The van der Waals surface area contributed by atoms with Gasteiger partial charge >= 0.3 is 5.69 Å². The number of amides is 1. The number of halogens is 1. The highest BCUT2D eigenvalue weighted by molar-refractivity contribution is 6.07. The van der Waals surface area contributed by atoms with E-state index < -0.39 is 23.0 Å². The Labute approximate surface area is 150 Å². The van der Waals surface area contributed by atoms with Gasteiger partial charge in [0.2, 0.25) is 0 Å². The van der Waals surface area contributed by atoms with Crippen molar-refractivity contribution < 1.29 is 9.18 Å². The SMILES string of the molecule is CCCCn1c(N)c(N(CCC)C(=O)c2cccc(F)c2)c(=O)[nH]c1=O. The van der Waals surface area contributed by atoms with Gasteiger partial charge < -0.3 is 10.6 Å². The topological polar surface area (TPSA) is 101 Å². The molecule has 2 aromatic rings. The van der Waals surface area contributed by atoms with E-state index in [-0.39, 0.29) is 23.6 Å². The van der Waals surface area contributed by atoms with Gasteiger partial charge in [0.15, 0.2) is 5.69 Å². The summed E-state index contributed by atoms with van der Waals surface area (Å²) in [6.07, 6.45) is 2.08. The van der Waals surface area contributed by atoms with E-state index in [2.05, 4.69) is 4.98 Å². The molecule has 0 fully saturated rings. The summed E-state index contributed by atoms with van der Waals surface area (Å²) in [5.41, 5.74) is 4.74. The van der Waals surface area contributed by atoms with Gasteiger partial charge in [0.1, 0.15) is 11.6 Å². The monoisotopic (exact) mass is 362 g/mol. The molecule has 1 aromatic carbocycles. The van der Waals surface area contributed by atoms with Gasteiger partial charge in [-0.25, -0.2) is 9.18 Å². The lowest BCUT2D eigenvalue weighted by molar-refractivity contribution is 0.0986. The highest BCUT2D eigenvalue weighted by Gasteiger charge is 2.24. The van der Waals surface area contributed by atoms with Crippen LogP contribution in [0.1, 0.15) is 43.5 Å². The minimum absolute atomic E-state index is 0.0644. The number of carbonyl (C=O) groups is 1. The van der Waals surface area contributed by atoms with Crippen LogP contribution in [-0.4, -0.2) is 22.0 Å². The van der Waals surface area contributed by atoms with Crippen LogP contribution in [-0.2, 0) is 6.54 Å². The highest BCUT2D eigenvalue weighted by Crippen LogP contribution is 2.20. The lowest BCUT2D eigenvalue weighted by Crippen LogP contribution is -2.41. The molecule has 0 radical (unpaired) electrons. The van der Waals surface area contributed by atoms with Crippen molar-refractivity contribution in [2.24, 2.45) is 0 Å². The molecular formula is C18H23FN4O3. The van der Waals surface area contributed by atoms with Crippen LogP contribution < -0.4 is 21.9 Å². The molecule has 0 saturated heterocycles. The van der Waals surface area contributed by atoms with Gasteiger partial charge in [-0.1, -0.05) is 26.3 Å². The largest absolute Gasteiger partial charge is 0.383 e. The van der Waals surface area contributed by atoms with Crippen molar-refractivity contribution in [3.8, 4) is 0 Å². The summed E-state index contributed by atoms with van der Waals surface area (Å²) in [5, 5.41) is 0. The molecule has 0 unspecified atom stereocenters. The number of rotatable bonds is 7. The van der Waals surface area contributed by atoms with Crippen molar-refractivity contribution >= 4 is 17.4 Å². The van der Waals surface area contributed by atoms with Gasteiger partial charge in [0, 0.05) is 18.7 Å². The predicted octanol–water partition coefficient (Wildman–Crippen LogP) is 2.11. The van der Waals surface area contributed by atoms with E-state index in [0.717, 1.165) is 12.5 Å². The number of aromatic amines is 1. The second-order valence-corrected chi connectivity index (χ2v) is 5.97. The minimum atomic E-state index is -0.738. The van der Waals surface area contributed by atoms with Crippen molar-refractivity contribution in [1.29, 1.82) is 0 Å². The maximum atomic E-state index is 13.5. The van der Waals surface area contributed by atoms with Crippen LogP contribution in [0, 0.1) is 5.82 Å². The number of H-pyrrole nitrogens is 1. The Hall–Kier alpha value is -2.90. The van der Waals surface area contributed by atoms with Crippen LogP contribution in [0.15, 0.2) is 33.9 Å². The predicted molar refractivity (Wildman–Crippen MR) is 99.0 cm³/mol. The summed E-state index contributed by atoms with van der Waals surface area (Å²) in [6, 6.07) is 5.21. The van der Waals surface area contributed by atoms with Gasteiger partial charge in [0.25, 0.3) is 11.5 Å². The van der Waals surface area contributed by atoms with E-state index in [1.54, 1.807) is 0 Å². The third-order valence-corrected chi connectivity index (χ3v) is 3.98. The van der Waals surface area contributed by atoms with Crippen LogP contribution in [0.5, 0.6) is 0 Å². The molecule has 26 heavy (non-hydrogen) atoms. The zero-order valence-corrected chi connectivity index (χ0v) is 14.9. The Morgan fingerprint density at radius 1 is 1.27 bits per heavy atom. The van der Waals surface area contributed by atoms with Crippen LogP contribution in [0.25, 0.3) is 0 Å². The van der Waals surface area contributed by atoms with Gasteiger partial charge in [0.05, 0.1) is 0 Å². The maximum Gasteiger partial charge on any atom is 0.330 e. The van der Waals surface area contributed by atoms with E-state index >= 15 is 0 Å². The molecule has 1 heterocycles. The smallest absolute Gasteiger partial charge is 0.330 e. The zero-order valence-electron chi connectivity index (χ0n) is 14.9. The molecule has 7 nitrogen and oxygen atoms in total. The van der Waals surface area contributed by atoms with E-state index in [0.29, 0.717) is 19.4 Å². The molecule has 1 amide bonds. The Bertz CT molecular complexity index is 904. The highest BCUT2D eigenvalue weighted by atomic mass is 19.1. The molecule has 1 aromatic heterocycles. The van der Waals surface area contributed by atoms with Gasteiger partial charge in [-0.05, 0) is 31.0 Å². The Morgan fingerprint density at radius 2 is 2.00 bits per heavy atom. The minimum Gasteiger partial charge on any atom is -0.383 e. The molecule has 0 aliphatic heterocycles. The van der Waals surface area contributed by atoms with Gasteiger partial charge in [-0.3, -0.25) is 19.1 Å². The molecule has 3 N–H and O–H groups in total. The van der Waals surface area contributed by atoms with E-state index in [1.807, 2.05) is 13.8 Å². The van der Waals surface area contributed by atoms with Gasteiger partial charge in [-0.2, -0.15) is 0 Å². The van der Waals surface area contributed by atoms with Crippen molar-refractivity contribution in [3.63, 3.8) is 0 Å². The summed E-state index contributed by atoms with van der Waals surface area (Å²) in [5.74, 6) is -1.17. The number of aromatic nitrogens is 2. The first kappa shape index (κ1) is 19.4. The summed E-state index contributed by atoms with van der Waals surface area (Å²) in [7, 11) is 0. The van der Waals surface area contributed by atoms with Crippen molar-refractivity contribution in [3.05, 3.63) is 56.5 Å². The number of benzene rings is 1. The molecule has 0 aliphatic carbocycles. The average molecular weight is 362 g/mol. The van der Waals surface area contributed by atoms with Crippen LogP contribution in [0.3, 0.4) is 0 Å². The fraction of sp³-hybridized carbons (Fsp3) is 0.389. The number of nitrogen functional groups attached to an aromatic ring is 1. The normalized spacial score (nSPS) is 10.7. The molecule has 2 rings (SSSR count). The average Bonchev–Trinajstić information content (AvgIpc) is 2.60. The molecule has 140 valence electrons. The molecule has 0 saturated carbocycles. The van der Waals surface area contributed by atoms with E-state index in [9.17, 15) is 18.8 Å². The fourth-order valence-electron chi connectivity index (χ4n) is 2.69. The number of anilines is 2. The maximum absolute atomic E-state index is 13.5. The van der Waals surface area contributed by atoms with Crippen LogP contribution in [0.4, 0.5) is 15.9 Å². The number of carbonyl (C=O) groups excluding carboxylic acids is 1. The molecule has 8 heteroatoms. The van der Waals surface area contributed by atoms with E-state index in [4.69, 9.17) is 5.73 Å². The summed E-state index contributed by atoms with van der Waals surface area (Å²) in [6.45, 7) is 4.34. The van der Waals surface area contributed by atoms with Crippen LogP contribution in [0.2, 0.25) is 0 Å². The van der Waals surface area contributed by atoms with E-state index in [1.165, 1.54) is 27.7 Å². The number of nitrogens with two attached hydrogens (primary N) is 1. The first-order chi connectivity index (χ1) is 12.4. The Morgan fingerprint density at radius 3 is 2.62 bits per heavy atom. The second-order valence-electron chi connectivity index (χ2n) is 5.97. The Kier molecular flexibility index (Phi) is 6.32. The quantitative estimate of drug-likeness (QED) is 0.788. The number of nitrogens with zero attached hydrogens (tertiary/aromatic N) is 2. The zero-order chi connectivity index (χ0) is 19.3. The lowest BCUT2D eigenvalue weighted by atomic mass is 10.1. The number of hydrogen-bond donors (Lipinski definition) is 2. The van der Waals surface area contributed by atoms with Crippen molar-refractivity contribution in [2.45, 2.75) is 39.7 Å². The third-order valence-electron chi connectivity index (χ3n) is 3.98. The first-order valence-corrected chi connectivity index (χ1v) is 8.60. The number of unbranched alkanes of at least 4 members (excludes halogenated alkanes) is 1. The number of hydrogen-bond acceptors (Lipinski definition) is 4. The van der Waals surface area contributed by atoms with Crippen LogP contribution >= 0.6 is 0 Å². The molecule has 0 aliphatic rings. The molecule has 0 spiro atoms. The summed E-state index contributed by atoms with van der Waals surface area (Å²) in [4.78, 5) is 40.7. The standard InChI is InChI=1S/C18H23FN4O3/c1-3-5-10-23-15(20)14(16(24)21-18(23)26)22(9-4-2)17(25)12-7-6-8-13(19)11-12/h6-8,11H,3-5,9-10,20H2,1-2H3,(H,21,24,26). The first-order valence-electron chi connectivity index (χ1n) is 8.60. The Balaban J connectivity index is 2.58.